The number of rotatable bonds is 2. The molecule has 1 N–H and O–H groups in total. The molecule has 1 aliphatic heterocycles. The Balaban J connectivity index is 1.56. The summed E-state index contributed by atoms with van der Waals surface area (Å²) in [5, 5.41) is 2.96. The highest BCUT2D eigenvalue weighted by molar-refractivity contribution is 6.05. The smallest absolute Gasteiger partial charge is 0.255 e. The van der Waals surface area contributed by atoms with Crippen molar-refractivity contribution < 1.29 is 9.53 Å². The maximum absolute atomic E-state index is 12.7. The number of pyridine rings is 1. The minimum Gasteiger partial charge on any atom is -0.451 e. The zero-order valence-corrected chi connectivity index (χ0v) is 16.5. The topological polar surface area (TPSA) is 54.5 Å². The average Bonchev–Trinajstić information content (AvgIpc) is 2.68. The molecule has 0 bridgehead atoms. The van der Waals surface area contributed by atoms with Crippen molar-refractivity contribution in [3.63, 3.8) is 0 Å². The van der Waals surface area contributed by atoms with E-state index in [1.807, 2.05) is 60.5 Å². The molecule has 3 aromatic rings. The van der Waals surface area contributed by atoms with Gasteiger partial charge in [0, 0.05) is 24.5 Å². The van der Waals surface area contributed by atoms with Gasteiger partial charge in [-0.2, -0.15) is 0 Å². The third-order valence-corrected chi connectivity index (χ3v) is 4.88. The standard InChI is InChI=1S/C23H23N3O2/c1-23(2,3)16-8-10-17(11-9-16)25-22(27)15-7-12-19-18(14-15)26(4)21-20(28-19)6-5-13-24-21/h5-14H,1-4H3,(H,25,27). The SMILES string of the molecule is CN1c2cc(C(=O)Nc3ccc(C(C)(C)C)cc3)ccc2Oc2cccnc21. The quantitative estimate of drug-likeness (QED) is 0.644. The number of benzene rings is 2. The van der Waals surface area contributed by atoms with E-state index in [9.17, 15) is 4.79 Å². The molecular weight excluding hydrogens is 350 g/mol. The number of fused-ring (bicyclic) bond motifs is 2. The molecule has 5 heteroatoms. The maximum atomic E-state index is 12.7. The Kier molecular flexibility index (Phi) is 4.30. The van der Waals surface area contributed by atoms with Gasteiger partial charge in [-0.3, -0.25) is 4.79 Å². The van der Waals surface area contributed by atoms with Crippen LogP contribution in [0.2, 0.25) is 0 Å². The first-order chi connectivity index (χ1) is 13.3. The Bertz CT molecular complexity index is 1040. The monoisotopic (exact) mass is 373 g/mol. The van der Waals surface area contributed by atoms with Gasteiger partial charge in [-0.1, -0.05) is 32.9 Å². The van der Waals surface area contributed by atoms with Crippen molar-refractivity contribution in [2.45, 2.75) is 26.2 Å². The number of amides is 1. The Hall–Kier alpha value is -3.34. The van der Waals surface area contributed by atoms with Crippen molar-refractivity contribution in [3.8, 4) is 11.5 Å². The Labute approximate surface area is 165 Å². The van der Waals surface area contributed by atoms with E-state index >= 15 is 0 Å². The normalized spacial score (nSPS) is 12.6. The molecule has 28 heavy (non-hydrogen) atoms. The molecule has 1 aliphatic rings. The Morgan fingerprint density at radius 2 is 1.79 bits per heavy atom. The minimum atomic E-state index is -0.161. The molecule has 0 atom stereocenters. The second-order valence-electron chi connectivity index (χ2n) is 7.95. The van der Waals surface area contributed by atoms with Crippen LogP contribution in [0.3, 0.4) is 0 Å². The van der Waals surface area contributed by atoms with Gasteiger partial charge in [-0.15, -0.1) is 0 Å². The number of hydrogen-bond acceptors (Lipinski definition) is 4. The summed E-state index contributed by atoms with van der Waals surface area (Å²) in [5.41, 5.74) is 3.45. The summed E-state index contributed by atoms with van der Waals surface area (Å²) >= 11 is 0. The predicted octanol–water partition coefficient (Wildman–Crippen LogP) is 5.51. The molecule has 142 valence electrons. The minimum absolute atomic E-state index is 0.0793. The van der Waals surface area contributed by atoms with E-state index in [-0.39, 0.29) is 11.3 Å². The van der Waals surface area contributed by atoms with Gasteiger partial charge in [0.25, 0.3) is 5.91 Å². The van der Waals surface area contributed by atoms with Crippen molar-refractivity contribution >= 4 is 23.1 Å². The van der Waals surface area contributed by atoms with Crippen LogP contribution in [-0.2, 0) is 5.41 Å². The summed E-state index contributed by atoms with van der Waals surface area (Å²) in [7, 11) is 1.92. The first-order valence-electron chi connectivity index (χ1n) is 9.25. The van der Waals surface area contributed by atoms with Crippen molar-refractivity contribution in [1.82, 2.24) is 4.98 Å². The largest absolute Gasteiger partial charge is 0.451 e. The Morgan fingerprint density at radius 3 is 2.50 bits per heavy atom. The third kappa shape index (κ3) is 3.31. The van der Waals surface area contributed by atoms with Crippen molar-refractivity contribution in [2.75, 3.05) is 17.3 Å². The molecule has 4 rings (SSSR count). The first-order valence-corrected chi connectivity index (χ1v) is 9.25. The molecule has 0 unspecified atom stereocenters. The number of anilines is 3. The number of carbonyl (C=O) groups is 1. The molecule has 0 aliphatic carbocycles. The van der Waals surface area contributed by atoms with Crippen LogP contribution in [0.1, 0.15) is 36.7 Å². The van der Waals surface area contributed by atoms with Crippen LogP contribution in [0, 0.1) is 0 Å². The van der Waals surface area contributed by atoms with Crippen LogP contribution < -0.4 is 15.0 Å². The lowest BCUT2D eigenvalue weighted by molar-refractivity contribution is 0.102. The second kappa shape index (κ2) is 6.68. The van der Waals surface area contributed by atoms with Crippen LogP contribution in [-0.4, -0.2) is 17.9 Å². The number of ether oxygens (including phenoxy) is 1. The molecule has 0 saturated heterocycles. The van der Waals surface area contributed by atoms with E-state index in [1.54, 1.807) is 12.3 Å². The van der Waals surface area contributed by atoms with Gasteiger partial charge in [0.1, 0.15) is 0 Å². The predicted molar refractivity (Wildman–Crippen MR) is 112 cm³/mol. The molecule has 0 saturated carbocycles. The summed E-state index contributed by atoms with van der Waals surface area (Å²) in [6, 6.07) is 17.1. The van der Waals surface area contributed by atoms with Crippen LogP contribution in [0.15, 0.2) is 60.8 Å². The first kappa shape index (κ1) is 18.0. The van der Waals surface area contributed by atoms with Gasteiger partial charge in [-0.05, 0) is 53.4 Å². The van der Waals surface area contributed by atoms with Crippen LogP contribution in [0.5, 0.6) is 11.5 Å². The number of aromatic nitrogens is 1. The van der Waals surface area contributed by atoms with E-state index in [1.165, 1.54) is 5.56 Å². The summed E-state index contributed by atoms with van der Waals surface area (Å²) in [6.07, 6.45) is 1.72. The number of hydrogen-bond donors (Lipinski definition) is 1. The average molecular weight is 373 g/mol. The molecule has 5 nitrogen and oxygen atoms in total. The van der Waals surface area contributed by atoms with Crippen LogP contribution in [0.4, 0.5) is 17.2 Å². The van der Waals surface area contributed by atoms with E-state index in [4.69, 9.17) is 4.74 Å². The van der Waals surface area contributed by atoms with Crippen molar-refractivity contribution in [3.05, 3.63) is 71.9 Å². The lowest BCUT2D eigenvalue weighted by Crippen LogP contribution is -2.19. The Morgan fingerprint density at radius 1 is 1.04 bits per heavy atom. The van der Waals surface area contributed by atoms with E-state index in [2.05, 4.69) is 31.1 Å². The fraction of sp³-hybridized carbons (Fsp3) is 0.217. The second-order valence-corrected chi connectivity index (χ2v) is 7.95. The highest BCUT2D eigenvalue weighted by Crippen LogP contribution is 2.44. The van der Waals surface area contributed by atoms with Gasteiger partial charge in [0.2, 0.25) is 0 Å². The van der Waals surface area contributed by atoms with Crippen LogP contribution in [0.25, 0.3) is 0 Å². The highest BCUT2D eigenvalue weighted by Gasteiger charge is 2.23. The molecule has 1 amide bonds. The molecule has 1 aromatic heterocycles. The fourth-order valence-corrected chi connectivity index (χ4v) is 3.21. The van der Waals surface area contributed by atoms with E-state index in [0.717, 1.165) is 17.2 Å². The zero-order valence-electron chi connectivity index (χ0n) is 16.5. The molecular formula is C23H23N3O2. The van der Waals surface area contributed by atoms with Gasteiger partial charge >= 0.3 is 0 Å². The van der Waals surface area contributed by atoms with Gasteiger partial charge in [0.15, 0.2) is 17.3 Å². The zero-order chi connectivity index (χ0) is 19.9. The lowest BCUT2D eigenvalue weighted by Gasteiger charge is -2.28. The summed E-state index contributed by atoms with van der Waals surface area (Å²) in [6.45, 7) is 6.50. The van der Waals surface area contributed by atoms with Gasteiger partial charge < -0.3 is 15.0 Å². The molecule has 0 fully saturated rings. The molecule has 2 heterocycles. The summed E-state index contributed by atoms with van der Waals surface area (Å²) in [5.74, 6) is 1.97. The molecule has 2 aromatic carbocycles. The lowest BCUT2D eigenvalue weighted by atomic mass is 9.87. The number of carbonyl (C=O) groups excluding carboxylic acids is 1. The van der Waals surface area contributed by atoms with Crippen LogP contribution >= 0.6 is 0 Å². The van der Waals surface area contributed by atoms with Gasteiger partial charge in [0.05, 0.1) is 5.69 Å². The highest BCUT2D eigenvalue weighted by atomic mass is 16.5. The molecule has 0 radical (unpaired) electrons. The van der Waals surface area contributed by atoms with Crippen molar-refractivity contribution in [2.24, 2.45) is 0 Å². The maximum Gasteiger partial charge on any atom is 0.255 e. The third-order valence-electron chi connectivity index (χ3n) is 4.88. The van der Waals surface area contributed by atoms with E-state index < -0.39 is 0 Å². The molecule has 0 spiro atoms. The number of nitrogens with one attached hydrogen (secondary N) is 1. The van der Waals surface area contributed by atoms with Gasteiger partial charge in [-0.25, -0.2) is 4.98 Å². The van der Waals surface area contributed by atoms with Crippen molar-refractivity contribution in [1.29, 1.82) is 0 Å². The fourth-order valence-electron chi connectivity index (χ4n) is 3.21. The van der Waals surface area contributed by atoms with E-state index in [0.29, 0.717) is 17.1 Å². The summed E-state index contributed by atoms with van der Waals surface area (Å²) < 4.78 is 5.91. The number of nitrogens with zero attached hydrogens (tertiary/aromatic N) is 2. The summed E-state index contributed by atoms with van der Waals surface area (Å²) in [4.78, 5) is 19.1.